The largest absolute Gasteiger partial charge is 0.496 e. The van der Waals surface area contributed by atoms with Crippen LogP contribution in [0.4, 0.5) is 5.69 Å². The number of nitrogens with one attached hydrogen (secondary N) is 1. The predicted molar refractivity (Wildman–Crippen MR) is 187 cm³/mol. The maximum absolute atomic E-state index is 14.4. The Kier molecular flexibility index (Phi) is 10.6. The van der Waals surface area contributed by atoms with Crippen molar-refractivity contribution in [3.8, 4) is 16.2 Å². The number of carbonyl (C=O) groups excluding carboxylic acids is 2. The molecule has 7 nitrogen and oxygen atoms in total. The van der Waals surface area contributed by atoms with Crippen molar-refractivity contribution in [2.24, 2.45) is 11.8 Å². The number of hydrogen-bond donors (Lipinski definition) is 1. The van der Waals surface area contributed by atoms with Crippen LogP contribution >= 0.6 is 11.3 Å². The van der Waals surface area contributed by atoms with Gasteiger partial charge >= 0.3 is 0 Å². The number of ether oxygens (including phenoxy) is 1. The SMILES string of the molecule is COc1ccc(C2CCC(CN(C(=O)C3CCC(NC(=O)CS(C)=O)CC3)c3cccc(-c4cnc(C5CC5)s4)c3)CC2)cc1C. The third-order valence-corrected chi connectivity index (χ3v) is 12.0. The van der Waals surface area contributed by atoms with E-state index in [1.54, 1.807) is 24.7 Å². The van der Waals surface area contributed by atoms with E-state index in [4.69, 9.17) is 9.72 Å². The summed E-state index contributed by atoms with van der Waals surface area (Å²) in [6.45, 7) is 2.84. The van der Waals surface area contributed by atoms with Gasteiger partial charge in [-0.05, 0) is 118 Å². The molecule has 0 bridgehead atoms. The van der Waals surface area contributed by atoms with Crippen LogP contribution in [0.15, 0.2) is 48.7 Å². The first-order valence-corrected chi connectivity index (χ1v) is 19.4. The number of aryl methyl sites for hydroxylation is 1. The van der Waals surface area contributed by atoms with E-state index in [0.717, 1.165) is 79.8 Å². The minimum atomic E-state index is -1.16. The van der Waals surface area contributed by atoms with Crippen molar-refractivity contribution >= 4 is 39.6 Å². The third kappa shape index (κ3) is 8.08. The van der Waals surface area contributed by atoms with E-state index < -0.39 is 10.8 Å². The predicted octanol–water partition coefficient (Wildman–Crippen LogP) is 7.37. The molecule has 3 aromatic rings. The van der Waals surface area contributed by atoms with Gasteiger partial charge in [-0.25, -0.2) is 4.98 Å². The lowest BCUT2D eigenvalue weighted by atomic mass is 9.78. The number of rotatable bonds is 11. The van der Waals surface area contributed by atoms with E-state index in [2.05, 4.69) is 59.6 Å². The molecule has 246 valence electrons. The van der Waals surface area contributed by atoms with Crippen LogP contribution in [0.2, 0.25) is 0 Å². The van der Waals surface area contributed by atoms with Crippen molar-refractivity contribution in [3.05, 3.63) is 64.8 Å². The molecule has 3 saturated carbocycles. The van der Waals surface area contributed by atoms with Crippen LogP contribution in [0.3, 0.4) is 0 Å². The van der Waals surface area contributed by atoms with Crippen LogP contribution in [-0.4, -0.2) is 52.7 Å². The summed E-state index contributed by atoms with van der Waals surface area (Å²) in [7, 11) is 0.565. The Bertz CT molecular complexity index is 1550. The molecule has 3 fully saturated rings. The molecule has 1 N–H and O–H groups in total. The van der Waals surface area contributed by atoms with Crippen LogP contribution in [0.1, 0.15) is 92.2 Å². The average Bonchev–Trinajstić information content (AvgIpc) is 3.79. The van der Waals surface area contributed by atoms with E-state index in [-0.39, 0.29) is 29.5 Å². The summed E-state index contributed by atoms with van der Waals surface area (Å²) in [6, 6.07) is 15.1. The fourth-order valence-electron chi connectivity index (χ4n) is 7.34. The van der Waals surface area contributed by atoms with Gasteiger partial charge in [0.05, 0.1) is 17.0 Å². The molecule has 0 spiro atoms. The fraction of sp³-hybridized carbons (Fsp3) is 0.541. The highest BCUT2D eigenvalue weighted by molar-refractivity contribution is 7.85. The fourth-order valence-corrected chi connectivity index (χ4v) is 8.88. The second-order valence-electron chi connectivity index (χ2n) is 13.6. The summed E-state index contributed by atoms with van der Waals surface area (Å²) >= 11 is 1.78. The molecule has 1 heterocycles. The monoisotopic (exact) mass is 661 g/mol. The quantitative estimate of drug-likeness (QED) is 0.232. The Morgan fingerprint density at radius 1 is 0.978 bits per heavy atom. The number of nitrogens with zero attached hydrogens (tertiary/aromatic N) is 2. The van der Waals surface area contributed by atoms with Crippen LogP contribution < -0.4 is 15.0 Å². The summed E-state index contributed by atoms with van der Waals surface area (Å²) < 4.78 is 17.0. The topological polar surface area (TPSA) is 88.6 Å². The Hall–Kier alpha value is -3.04. The molecule has 1 atom stereocenters. The molecule has 0 saturated heterocycles. The molecule has 9 heteroatoms. The molecule has 3 aliphatic rings. The Morgan fingerprint density at radius 2 is 1.72 bits per heavy atom. The van der Waals surface area contributed by atoms with Gasteiger partial charge in [-0.2, -0.15) is 0 Å². The van der Waals surface area contributed by atoms with Crippen molar-refractivity contribution in [3.63, 3.8) is 0 Å². The zero-order valence-electron chi connectivity index (χ0n) is 27.3. The van der Waals surface area contributed by atoms with E-state index >= 15 is 0 Å². The Balaban J connectivity index is 1.16. The van der Waals surface area contributed by atoms with E-state index in [1.165, 1.54) is 29.0 Å². The lowest BCUT2D eigenvalue weighted by Crippen LogP contribution is -2.44. The molecule has 1 unspecified atom stereocenters. The second-order valence-corrected chi connectivity index (χ2v) is 16.1. The molecule has 6 rings (SSSR count). The van der Waals surface area contributed by atoms with Gasteiger partial charge in [-0.15, -0.1) is 11.3 Å². The van der Waals surface area contributed by atoms with Gasteiger partial charge in [0.25, 0.3) is 0 Å². The van der Waals surface area contributed by atoms with Gasteiger partial charge in [0.1, 0.15) is 11.5 Å². The van der Waals surface area contributed by atoms with Crippen molar-refractivity contribution < 1.29 is 18.5 Å². The highest BCUT2D eigenvalue weighted by atomic mass is 32.2. The Morgan fingerprint density at radius 3 is 2.39 bits per heavy atom. The lowest BCUT2D eigenvalue weighted by molar-refractivity contribution is -0.123. The van der Waals surface area contributed by atoms with E-state index in [9.17, 15) is 13.8 Å². The summed E-state index contributed by atoms with van der Waals surface area (Å²) in [5.41, 5.74) is 4.66. The van der Waals surface area contributed by atoms with Gasteiger partial charge in [-0.1, -0.05) is 24.3 Å². The van der Waals surface area contributed by atoms with Gasteiger partial charge in [0.2, 0.25) is 11.8 Å². The first kappa shape index (κ1) is 32.9. The maximum atomic E-state index is 14.4. The molecular formula is C37H47N3O4S2. The molecule has 0 aliphatic heterocycles. The normalized spacial score (nSPS) is 23.8. The molecule has 1 aromatic heterocycles. The van der Waals surface area contributed by atoms with Crippen LogP contribution in [-0.2, 0) is 20.4 Å². The highest BCUT2D eigenvalue weighted by Crippen LogP contribution is 2.44. The number of anilines is 1. The molecular weight excluding hydrogens is 615 g/mol. The summed E-state index contributed by atoms with van der Waals surface area (Å²) in [4.78, 5) is 34.5. The number of carbonyl (C=O) groups is 2. The zero-order chi connectivity index (χ0) is 32.2. The van der Waals surface area contributed by atoms with Crippen molar-refractivity contribution in [2.45, 2.75) is 89.0 Å². The smallest absolute Gasteiger partial charge is 0.232 e. The molecule has 0 radical (unpaired) electrons. The minimum Gasteiger partial charge on any atom is -0.496 e. The van der Waals surface area contributed by atoms with E-state index in [1.807, 2.05) is 6.20 Å². The first-order valence-electron chi connectivity index (χ1n) is 16.9. The third-order valence-electron chi connectivity index (χ3n) is 10.1. The van der Waals surface area contributed by atoms with Crippen molar-refractivity contribution in [2.75, 3.05) is 30.6 Å². The molecule has 2 aromatic carbocycles. The zero-order valence-corrected chi connectivity index (χ0v) is 29.0. The second kappa shape index (κ2) is 14.8. The summed E-state index contributed by atoms with van der Waals surface area (Å²) in [5, 5.41) is 4.26. The minimum absolute atomic E-state index is 0.0329. The maximum Gasteiger partial charge on any atom is 0.232 e. The van der Waals surface area contributed by atoms with Gasteiger partial charge < -0.3 is 15.0 Å². The molecule has 46 heavy (non-hydrogen) atoms. The highest BCUT2D eigenvalue weighted by Gasteiger charge is 2.33. The number of thiazole rings is 1. The van der Waals surface area contributed by atoms with Crippen molar-refractivity contribution in [1.29, 1.82) is 0 Å². The first-order chi connectivity index (χ1) is 22.3. The number of benzene rings is 2. The lowest BCUT2D eigenvalue weighted by Gasteiger charge is -2.36. The van der Waals surface area contributed by atoms with Crippen LogP contribution in [0.5, 0.6) is 5.75 Å². The van der Waals surface area contributed by atoms with Crippen LogP contribution in [0, 0.1) is 18.8 Å². The van der Waals surface area contributed by atoms with Gasteiger partial charge in [0, 0.05) is 53.4 Å². The van der Waals surface area contributed by atoms with E-state index in [0.29, 0.717) is 17.8 Å². The number of aromatic nitrogens is 1. The number of amides is 2. The van der Waals surface area contributed by atoms with Crippen molar-refractivity contribution in [1.82, 2.24) is 10.3 Å². The summed E-state index contributed by atoms with van der Waals surface area (Å²) in [6.07, 6.45) is 13.5. The standard InChI is InChI=1S/C37H47N3O4S2/c1-24-19-29(15-18-33(24)44-2)26-9-7-25(8-10-26)22-40(37(42)28-13-16-31(17-14-28)39-35(41)23-46(3)43)32-6-4-5-30(20-32)34-21-38-36(45-34)27-11-12-27/h4-6,15,18-21,25-28,31H,7-14,16-17,22-23H2,1-3H3,(H,39,41). The van der Waals surface area contributed by atoms with Gasteiger partial charge in [-0.3, -0.25) is 13.8 Å². The number of methoxy groups -OCH3 is 1. The molecule has 2 amide bonds. The number of hydrogen-bond acceptors (Lipinski definition) is 6. The molecule has 3 aliphatic carbocycles. The Labute approximate surface area is 280 Å². The average molecular weight is 662 g/mol. The van der Waals surface area contributed by atoms with Gasteiger partial charge in [0.15, 0.2) is 0 Å². The van der Waals surface area contributed by atoms with Crippen LogP contribution in [0.25, 0.3) is 10.4 Å². The summed E-state index contributed by atoms with van der Waals surface area (Å²) in [5.74, 6) is 2.54.